The molecule has 0 aliphatic rings. The molecule has 0 heterocycles. The van der Waals surface area contributed by atoms with Gasteiger partial charge in [0.25, 0.3) is 0 Å². The Morgan fingerprint density at radius 2 is 1.41 bits per heavy atom. The van der Waals surface area contributed by atoms with E-state index in [2.05, 4.69) is 10.6 Å². The minimum absolute atomic E-state index is 0.0162. The summed E-state index contributed by atoms with van der Waals surface area (Å²) in [5.74, 6) is -0.225. The number of hydrogen-bond donors (Lipinski definition) is 2. The van der Waals surface area contributed by atoms with Crippen LogP contribution in [0.3, 0.4) is 0 Å². The lowest BCUT2D eigenvalue weighted by molar-refractivity contribution is -0.124. The summed E-state index contributed by atoms with van der Waals surface area (Å²) in [5.41, 5.74) is 0. The molecule has 0 aliphatic heterocycles. The number of amides is 2. The first kappa shape index (κ1) is 20.2. The zero-order chi connectivity index (χ0) is 16.8. The van der Waals surface area contributed by atoms with Gasteiger partial charge in [-0.3, -0.25) is 19.2 Å². The van der Waals surface area contributed by atoms with E-state index in [1.165, 1.54) is 14.0 Å². The van der Waals surface area contributed by atoms with Gasteiger partial charge in [-0.15, -0.1) is 0 Å². The highest BCUT2D eigenvalue weighted by Gasteiger charge is 2.06. The van der Waals surface area contributed by atoms with Gasteiger partial charge in [0, 0.05) is 45.9 Å². The molecule has 0 saturated heterocycles. The number of hydrogen-bond acceptors (Lipinski definition) is 5. The monoisotopic (exact) mass is 314 g/mol. The van der Waals surface area contributed by atoms with E-state index < -0.39 is 0 Å². The van der Waals surface area contributed by atoms with E-state index >= 15 is 0 Å². The van der Waals surface area contributed by atoms with Crippen molar-refractivity contribution >= 4 is 23.4 Å². The molecule has 0 fully saturated rings. The van der Waals surface area contributed by atoms with E-state index in [0.717, 1.165) is 0 Å². The maximum absolute atomic E-state index is 11.5. The van der Waals surface area contributed by atoms with Crippen molar-refractivity contribution in [3.63, 3.8) is 0 Å². The first-order valence-electron chi connectivity index (χ1n) is 7.49. The zero-order valence-electron chi connectivity index (χ0n) is 13.4. The summed E-state index contributed by atoms with van der Waals surface area (Å²) in [5, 5.41) is 5.34. The fourth-order valence-corrected chi connectivity index (χ4v) is 1.71. The summed E-state index contributed by atoms with van der Waals surface area (Å²) in [6.45, 7) is 2.34. The van der Waals surface area contributed by atoms with Gasteiger partial charge < -0.3 is 15.4 Å². The second kappa shape index (κ2) is 12.9. The van der Waals surface area contributed by atoms with Gasteiger partial charge in [-0.25, -0.2) is 0 Å². The highest BCUT2D eigenvalue weighted by atomic mass is 16.5. The zero-order valence-corrected chi connectivity index (χ0v) is 13.4. The molecular formula is C15H26N2O5. The van der Waals surface area contributed by atoms with Gasteiger partial charge in [0.05, 0.1) is 0 Å². The van der Waals surface area contributed by atoms with Crippen molar-refractivity contribution in [2.24, 2.45) is 0 Å². The molecule has 126 valence electrons. The van der Waals surface area contributed by atoms with Crippen molar-refractivity contribution in [1.82, 2.24) is 10.6 Å². The lowest BCUT2D eigenvalue weighted by Crippen LogP contribution is -2.28. The first-order valence-corrected chi connectivity index (χ1v) is 7.49. The van der Waals surface area contributed by atoms with Gasteiger partial charge in [0.1, 0.15) is 12.4 Å². The third-order valence-corrected chi connectivity index (χ3v) is 2.87. The minimum Gasteiger partial charge on any atom is -0.377 e. The topological polar surface area (TPSA) is 102 Å². The molecule has 0 spiro atoms. The Labute approximate surface area is 131 Å². The van der Waals surface area contributed by atoms with Crippen LogP contribution >= 0.6 is 0 Å². The second-order valence-electron chi connectivity index (χ2n) is 5.08. The predicted octanol–water partition coefficient (Wildman–Crippen LogP) is 0.364. The van der Waals surface area contributed by atoms with Gasteiger partial charge in [-0.2, -0.15) is 0 Å². The molecule has 0 unspecified atom stereocenters. The van der Waals surface area contributed by atoms with Gasteiger partial charge in [0.2, 0.25) is 11.8 Å². The van der Waals surface area contributed by atoms with Crippen LogP contribution in [0.1, 0.15) is 45.4 Å². The average Bonchev–Trinajstić information content (AvgIpc) is 2.43. The van der Waals surface area contributed by atoms with Crippen LogP contribution in [0.2, 0.25) is 0 Å². The van der Waals surface area contributed by atoms with Crippen molar-refractivity contribution in [2.45, 2.75) is 45.4 Å². The van der Waals surface area contributed by atoms with Crippen LogP contribution in [0, 0.1) is 0 Å². The second-order valence-corrected chi connectivity index (χ2v) is 5.08. The van der Waals surface area contributed by atoms with E-state index in [1.54, 1.807) is 0 Å². The molecule has 0 rings (SSSR count). The standard InChI is InChI=1S/C15H26N2O5/c1-12(18)8-10-17-15(21)7-4-9-16-14(20)6-3-5-13(19)11-22-2/h3-11H2,1-2H3,(H,16,20)(H,17,21). The molecule has 0 aliphatic carbocycles. The third-order valence-electron chi connectivity index (χ3n) is 2.87. The molecular weight excluding hydrogens is 288 g/mol. The molecule has 2 amide bonds. The van der Waals surface area contributed by atoms with Crippen molar-refractivity contribution < 1.29 is 23.9 Å². The number of rotatable bonds is 13. The van der Waals surface area contributed by atoms with Crippen LogP contribution < -0.4 is 10.6 Å². The number of nitrogens with one attached hydrogen (secondary N) is 2. The Balaban J connectivity index is 3.50. The highest BCUT2D eigenvalue weighted by molar-refractivity contribution is 5.81. The number of carbonyl (C=O) groups excluding carboxylic acids is 4. The maximum atomic E-state index is 11.5. The Bertz CT molecular complexity index is 382. The van der Waals surface area contributed by atoms with Gasteiger partial charge in [-0.1, -0.05) is 0 Å². The molecule has 22 heavy (non-hydrogen) atoms. The van der Waals surface area contributed by atoms with Crippen molar-refractivity contribution in [1.29, 1.82) is 0 Å². The number of methoxy groups -OCH3 is 1. The Morgan fingerprint density at radius 3 is 2.00 bits per heavy atom. The molecule has 0 saturated carbocycles. The Morgan fingerprint density at radius 1 is 0.818 bits per heavy atom. The Hall–Kier alpha value is -1.76. The van der Waals surface area contributed by atoms with Gasteiger partial charge in [-0.05, 0) is 19.8 Å². The molecule has 0 aromatic rings. The molecule has 0 bridgehead atoms. The predicted molar refractivity (Wildman–Crippen MR) is 81.3 cm³/mol. The lowest BCUT2D eigenvalue weighted by Gasteiger charge is -2.06. The van der Waals surface area contributed by atoms with Crippen LogP contribution in [0.15, 0.2) is 0 Å². The van der Waals surface area contributed by atoms with E-state index in [1.807, 2.05) is 0 Å². The van der Waals surface area contributed by atoms with Crippen molar-refractivity contribution in [2.75, 3.05) is 26.8 Å². The summed E-state index contributed by atoms with van der Waals surface area (Å²) in [7, 11) is 1.46. The highest BCUT2D eigenvalue weighted by Crippen LogP contribution is 1.97. The normalized spacial score (nSPS) is 10.1. The minimum atomic E-state index is -0.124. The lowest BCUT2D eigenvalue weighted by atomic mass is 10.2. The number of ether oxygens (including phenoxy) is 1. The molecule has 2 N–H and O–H groups in total. The van der Waals surface area contributed by atoms with Crippen LogP contribution in [0.4, 0.5) is 0 Å². The van der Waals surface area contributed by atoms with Gasteiger partial charge in [0.15, 0.2) is 5.78 Å². The summed E-state index contributed by atoms with van der Waals surface area (Å²) in [6, 6.07) is 0. The SMILES string of the molecule is COCC(=O)CCCC(=O)NCCCC(=O)NCCC(C)=O. The number of Topliss-reactive ketones (excluding diaryl/α,β-unsaturated/α-hetero) is 2. The average molecular weight is 314 g/mol. The fourth-order valence-electron chi connectivity index (χ4n) is 1.71. The van der Waals surface area contributed by atoms with Crippen molar-refractivity contribution in [3.8, 4) is 0 Å². The largest absolute Gasteiger partial charge is 0.377 e. The summed E-state index contributed by atoms with van der Waals surface area (Å²) >= 11 is 0. The molecule has 0 radical (unpaired) electrons. The summed E-state index contributed by atoms with van der Waals surface area (Å²) in [6.07, 6.45) is 2.31. The summed E-state index contributed by atoms with van der Waals surface area (Å²) < 4.78 is 4.70. The third kappa shape index (κ3) is 13.2. The molecule has 0 atom stereocenters. The maximum Gasteiger partial charge on any atom is 0.220 e. The molecule has 7 heteroatoms. The number of ketones is 2. The van der Waals surface area contributed by atoms with E-state index in [-0.39, 0.29) is 30.0 Å². The van der Waals surface area contributed by atoms with E-state index in [0.29, 0.717) is 51.6 Å². The van der Waals surface area contributed by atoms with E-state index in [4.69, 9.17) is 4.74 Å². The summed E-state index contributed by atoms with van der Waals surface area (Å²) in [4.78, 5) is 44.7. The first-order chi connectivity index (χ1) is 10.5. The number of carbonyl (C=O) groups is 4. The van der Waals surface area contributed by atoms with Gasteiger partial charge >= 0.3 is 0 Å². The molecule has 0 aromatic heterocycles. The Kier molecular flexibility index (Phi) is 11.9. The molecule has 7 nitrogen and oxygen atoms in total. The van der Waals surface area contributed by atoms with Crippen LogP contribution in [-0.2, 0) is 23.9 Å². The van der Waals surface area contributed by atoms with Crippen LogP contribution in [0.5, 0.6) is 0 Å². The van der Waals surface area contributed by atoms with Crippen molar-refractivity contribution in [3.05, 3.63) is 0 Å². The smallest absolute Gasteiger partial charge is 0.220 e. The van der Waals surface area contributed by atoms with Crippen LogP contribution in [0.25, 0.3) is 0 Å². The fraction of sp³-hybridized carbons (Fsp3) is 0.733. The van der Waals surface area contributed by atoms with Crippen LogP contribution in [-0.4, -0.2) is 50.2 Å². The quantitative estimate of drug-likeness (QED) is 0.478. The molecule has 0 aromatic carbocycles. The van der Waals surface area contributed by atoms with E-state index in [9.17, 15) is 19.2 Å².